The molecule has 1 unspecified atom stereocenters. The number of carbonyl (C=O) groups is 1. The molecule has 1 aliphatic heterocycles. The minimum absolute atomic E-state index is 0.0449. The summed E-state index contributed by atoms with van der Waals surface area (Å²) in [6.07, 6.45) is -0.596. The Balaban J connectivity index is 1.85. The van der Waals surface area contributed by atoms with E-state index in [1.54, 1.807) is 12.1 Å². The zero-order valence-electron chi connectivity index (χ0n) is 15.1. The van der Waals surface area contributed by atoms with Crippen molar-refractivity contribution in [3.63, 3.8) is 0 Å². The van der Waals surface area contributed by atoms with Crippen LogP contribution in [-0.2, 0) is 9.22 Å². The Hall–Kier alpha value is -1.57. The smallest absolute Gasteiger partial charge is 0.262 e. The normalized spacial score (nSPS) is 16.0. The Morgan fingerprint density at radius 2 is 2.12 bits per heavy atom. The minimum Gasteiger partial charge on any atom is -0.482 e. The number of carbonyl (C=O) groups excluding carboxylic acids is 1. The fraction of sp³-hybridized carbons (Fsp3) is 0.588. The molecule has 0 fully saturated rings. The van der Waals surface area contributed by atoms with E-state index in [0.717, 1.165) is 5.69 Å². The summed E-state index contributed by atoms with van der Waals surface area (Å²) in [6.45, 7) is 11.6. The Morgan fingerprint density at radius 1 is 1.42 bits per heavy atom. The molecule has 0 radical (unpaired) electrons. The van der Waals surface area contributed by atoms with Crippen molar-refractivity contribution in [2.45, 2.75) is 45.0 Å². The highest BCUT2D eigenvalue weighted by Crippen LogP contribution is 2.36. The van der Waals surface area contributed by atoms with Gasteiger partial charge in [-0.15, -0.1) is 0 Å². The Morgan fingerprint density at radius 3 is 2.79 bits per heavy atom. The van der Waals surface area contributed by atoms with Crippen LogP contribution in [-0.4, -0.2) is 45.2 Å². The molecule has 1 amide bonds. The molecule has 0 saturated carbocycles. The van der Waals surface area contributed by atoms with Crippen LogP contribution in [0.4, 0.5) is 11.4 Å². The van der Waals surface area contributed by atoms with Crippen molar-refractivity contribution >= 4 is 25.6 Å². The zero-order valence-corrected chi connectivity index (χ0v) is 16.1. The number of aliphatic hydroxyl groups excluding tert-OH is 1. The number of hydrogen-bond acceptors (Lipinski definition) is 5. The highest BCUT2D eigenvalue weighted by atomic mass is 28.4. The number of ether oxygens (including phenoxy) is 1. The van der Waals surface area contributed by atoms with Crippen molar-refractivity contribution in [3.05, 3.63) is 18.2 Å². The van der Waals surface area contributed by atoms with Gasteiger partial charge < -0.3 is 24.9 Å². The predicted molar refractivity (Wildman–Crippen MR) is 98.2 cm³/mol. The van der Waals surface area contributed by atoms with Gasteiger partial charge in [-0.3, -0.25) is 4.79 Å². The number of amides is 1. The van der Waals surface area contributed by atoms with Gasteiger partial charge in [0.1, 0.15) is 5.75 Å². The quantitative estimate of drug-likeness (QED) is 0.686. The SMILES string of the molecule is CC(C)(C)[Si](C)(C)OCC(O)CNc1ccc2c(c1)NC(=O)CO2. The summed E-state index contributed by atoms with van der Waals surface area (Å²) >= 11 is 0. The molecule has 6 nitrogen and oxygen atoms in total. The van der Waals surface area contributed by atoms with E-state index in [4.69, 9.17) is 9.16 Å². The van der Waals surface area contributed by atoms with E-state index in [-0.39, 0.29) is 17.6 Å². The van der Waals surface area contributed by atoms with Gasteiger partial charge in [-0.05, 0) is 36.3 Å². The standard InChI is InChI=1S/C17H28N2O4Si/c1-17(2,3)24(4,5)23-10-13(20)9-18-12-6-7-15-14(8-12)19-16(21)11-22-15/h6-8,13,18,20H,9-11H2,1-5H3,(H,19,21). The first-order valence-electron chi connectivity index (χ1n) is 8.21. The average Bonchev–Trinajstić information content (AvgIpc) is 2.49. The molecule has 1 heterocycles. The van der Waals surface area contributed by atoms with Gasteiger partial charge in [-0.1, -0.05) is 20.8 Å². The predicted octanol–water partition coefficient (Wildman–Crippen LogP) is 2.81. The van der Waals surface area contributed by atoms with Crippen LogP contribution < -0.4 is 15.4 Å². The molecule has 7 heteroatoms. The third-order valence-corrected chi connectivity index (χ3v) is 9.10. The largest absolute Gasteiger partial charge is 0.482 e. The highest BCUT2D eigenvalue weighted by Gasteiger charge is 2.37. The lowest BCUT2D eigenvalue weighted by Gasteiger charge is -2.36. The van der Waals surface area contributed by atoms with Gasteiger partial charge in [-0.2, -0.15) is 0 Å². The molecular formula is C17H28N2O4Si. The van der Waals surface area contributed by atoms with Crippen LogP contribution >= 0.6 is 0 Å². The van der Waals surface area contributed by atoms with Crippen LogP contribution in [0.15, 0.2) is 18.2 Å². The molecule has 1 aliphatic rings. The molecule has 3 N–H and O–H groups in total. The highest BCUT2D eigenvalue weighted by molar-refractivity contribution is 6.74. The summed E-state index contributed by atoms with van der Waals surface area (Å²) in [7, 11) is -1.85. The number of fused-ring (bicyclic) bond motifs is 1. The summed E-state index contributed by atoms with van der Waals surface area (Å²) in [5, 5.41) is 16.2. The molecule has 1 atom stereocenters. The monoisotopic (exact) mass is 352 g/mol. The molecule has 0 bridgehead atoms. The van der Waals surface area contributed by atoms with Gasteiger partial charge in [0.15, 0.2) is 14.9 Å². The lowest BCUT2D eigenvalue weighted by Crippen LogP contribution is -2.43. The minimum atomic E-state index is -1.85. The molecule has 2 rings (SSSR count). The summed E-state index contributed by atoms with van der Waals surface area (Å²) in [4.78, 5) is 11.4. The molecule has 24 heavy (non-hydrogen) atoms. The first-order chi connectivity index (χ1) is 11.1. The van der Waals surface area contributed by atoms with Crippen LogP contribution in [0.25, 0.3) is 0 Å². The van der Waals surface area contributed by atoms with Crippen molar-refractivity contribution in [2.75, 3.05) is 30.4 Å². The van der Waals surface area contributed by atoms with Crippen LogP contribution in [0.5, 0.6) is 5.75 Å². The number of nitrogens with one attached hydrogen (secondary N) is 2. The van der Waals surface area contributed by atoms with E-state index < -0.39 is 14.4 Å². The molecule has 0 aromatic heterocycles. The summed E-state index contributed by atoms with van der Waals surface area (Å²) < 4.78 is 11.3. The van der Waals surface area contributed by atoms with E-state index in [2.05, 4.69) is 44.5 Å². The second-order valence-electron chi connectivity index (χ2n) is 7.65. The lowest BCUT2D eigenvalue weighted by molar-refractivity contribution is -0.118. The van der Waals surface area contributed by atoms with Gasteiger partial charge in [0.2, 0.25) is 0 Å². The van der Waals surface area contributed by atoms with Crippen LogP contribution in [0, 0.1) is 0 Å². The van der Waals surface area contributed by atoms with Crippen molar-refractivity contribution in [2.24, 2.45) is 0 Å². The van der Waals surface area contributed by atoms with Gasteiger partial charge in [0.25, 0.3) is 5.91 Å². The molecule has 0 aliphatic carbocycles. The van der Waals surface area contributed by atoms with Crippen molar-refractivity contribution in [1.29, 1.82) is 0 Å². The second-order valence-corrected chi connectivity index (χ2v) is 12.5. The lowest BCUT2D eigenvalue weighted by atomic mass is 10.2. The number of rotatable bonds is 6. The molecule has 1 aromatic carbocycles. The van der Waals surface area contributed by atoms with E-state index in [9.17, 15) is 9.90 Å². The molecule has 1 aromatic rings. The first kappa shape index (κ1) is 18.8. The molecule has 0 spiro atoms. The van der Waals surface area contributed by atoms with E-state index >= 15 is 0 Å². The number of hydrogen-bond donors (Lipinski definition) is 3. The molecule has 134 valence electrons. The molecular weight excluding hydrogens is 324 g/mol. The van der Waals surface area contributed by atoms with Crippen molar-refractivity contribution in [1.82, 2.24) is 0 Å². The first-order valence-corrected chi connectivity index (χ1v) is 11.1. The van der Waals surface area contributed by atoms with E-state index in [0.29, 0.717) is 24.6 Å². The van der Waals surface area contributed by atoms with Crippen LogP contribution in [0.3, 0.4) is 0 Å². The van der Waals surface area contributed by atoms with E-state index in [1.165, 1.54) is 0 Å². The maximum Gasteiger partial charge on any atom is 0.262 e. The van der Waals surface area contributed by atoms with Crippen molar-refractivity contribution in [3.8, 4) is 5.75 Å². The maximum atomic E-state index is 11.4. The number of benzene rings is 1. The van der Waals surface area contributed by atoms with Crippen LogP contribution in [0.2, 0.25) is 18.1 Å². The number of aliphatic hydroxyl groups is 1. The fourth-order valence-electron chi connectivity index (χ4n) is 2.01. The fourth-order valence-corrected chi connectivity index (χ4v) is 3.05. The van der Waals surface area contributed by atoms with Crippen LogP contribution in [0.1, 0.15) is 20.8 Å². The summed E-state index contributed by atoms with van der Waals surface area (Å²) in [5.74, 6) is 0.490. The second kappa shape index (κ2) is 7.12. The maximum absolute atomic E-state index is 11.4. The van der Waals surface area contributed by atoms with Crippen molar-refractivity contribution < 1.29 is 19.1 Å². The topological polar surface area (TPSA) is 79.8 Å². The average molecular weight is 353 g/mol. The number of anilines is 2. The van der Waals surface area contributed by atoms with Gasteiger partial charge in [-0.25, -0.2) is 0 Å². The molecule has 0 saturated heterocycles. The third-order valence-electron chi connectivity index (χ3n) is 4.60. The van der Waals surface area contributed by atoms with Gasteiger partial charge in [0, 0.05) is 12.2 Å². The third kappa shape index (κ3) is 4.72. The summed E-state index contributed by atoms with van der Waals surface area (Å²) in [6, 6.07) is 5.46. The Kier molecular flexibility index (Phi) is 5.57. The Bertz CT molecular complexity index is 599. The van der Waals surface area contributed by atoms with Gasteiger partial charge in [0.05, 0.1) is 18.4 Å². The van der Waals surface area contributed by atoms with E-state index in [1.807, 2.05) is 6.07 Å². The summed E-state index contributed by atoms with van der Waals surface area (Å²) in [5.41, 5.74) is 1.45. The van der Waals surface area contributed by atoms with Gasteiger partial charge >= 0.3 is 0 Å². The zero-order chi connectivity index (χ0) is 18.0. The Labute approximate surface area is 144 Å².